The normalized spacial score (nSPS) is 13.1. The number of anilines is 1. The molecule has 3 rings (SSSR count). The minimum absolute atomic E-state index is 0.197. The Hall–Kier alpha value is -3.23. The van der Waals surface area contributed by atoms with Gasteiger partial charge in [0, 0.05) is 11.6 Å². The van der Waals surface area contributed by atoms with Crippen LogP contribution in [0.4, 0.5) is 5.69 Å². The first-order valence-corrected chi connectivity index (χ1v) is 10.9. The molecule has 0 fully saturated rings. The average Bonchev–Trinajstić information content (AvgIpc) is 2.79. The summed E-state index contributed by atoms with van der Waals surface area (Å²) in [7, 11) is 0. The number of hydrogen-bond donors (Lipinski definition) is 2. The third-order valence-electron chi connectivity index (χ3n) is 5.28. The number of thiol groups is 1. The highest BCUT2D eigenvalue weighted by Gasteiger charge is 2.17. The molecule has 0 amide bonds. The Morgan fingerprint density at radius 1 is 0.871 bits per heavy atom. The molecule has 3 aromatic rings. The van der Waals surface area contributed by atoms with E-state index in [9.17, 15) is 0 Å². The first-order valence-electron chi connectivity index (χ1n) is 10.4. The van der Waals surface area contributed by atoms with Crippen molar-refractivity contribution in [3.05, 3.63) is 131 Å². The van der Waals surface area contributed by atoms with E-state index in [-0.39, 0.29) is 5.92 Å². The second-order valence-corrected chi connectivity index (χ2v) is 8.00. The van der Waals surface area contributed by atoms with E-state index in [0.29, 0.717) is 4.91 Å². The molecule has 0 aliphatic carbocycles. The maximum atomic E-state index is 6.14. The van der Waals surface area contributed by atoms with Gasteiger partial charge in [0.1, 0.15) is 0 Å². The molecule has 1 atom stereocenters. The summed E-state index contributed by atoms with van der Waals surface area (Å²) in [6.45, 7) is 7.95. The molecule has 2 N–H and O–H groups in total. The van der Waals surface area contributed by atoms with Gasteiger partial charge in [-0.25, -0.2) is 0 Å². The zero-order valence-corrected chi connectivity index (χ0v) is 19.0. The molecule has 0 saturated heterocycles. The summed E-state index contributed by atoms with van der Waals surface area (Å²) in [5.41, 5.74) is 14.0. The number of rotatable bonds is 7. The maximum absolute atomic E-state index is 6.14. The lowest BCUT2D eigenvalue weighted by molar-refractivity contribution is 0.973. The van der Waals surface area contributed by atoms with Crippen LogP contribution in [0.1, 0.15) is 36.5 Å². The molecule has 0 radical (unpaired) electrons. The van der Waals surface area contributed by atoms with Crippen LogP contribution in [0.5, 0.6) is 0 Å². The Morgan fingerprint density at radius 3 is 2.13 bits per heavy atom. The summed E-state index contributed by atoms with van der Waals surface area (Å²) >= 11 is 4.23. The van der Waals surface area contributed by atoms with Crippen LogP contribution < -0.4 is 5.73 Å². The molecule has 3 aromatic carbocycles. The molecule has 1 nitrogen and oxygen atoms in total. The second kappa shape index (κ2) is 10.7. The maximum Gasteiger partial charge on any atom is 0.0388 e. The predicted octanol–water partition coefficient (Wildman–Crippen LogP) is 8.05. The lowest BCUT2D eigenvalue weighted by Crippen LogP contribution is -2.03. The fourth-order valence-corrected chi connectivity index (χ4v) is 3.80. The fourth-order valence-electron chi connectivity index (χ4n) is 3.73. The third-order valence-corrected chi connectivity index (χ3v) is 5.43. The van der Waals surface area contributed by atoms with Crippen molar-refractivity contribution < 1.29 is 0 Å². The molecule has 1 unspecified atom stereocenters. The predicted molar refractivity (Wildman–Crippen MR) is 140 cm³/mol. The Kier molecular flexibility index (Phi) is 7.75. The fraction of sp³-hybridized carbons (Fsp3) is 0.103. The Morgan fingerprint density at radius 2 is 1.52 bits per heavy atom. The SMILES string of the molecule is C=C(S)/C=C\c1cc(-c2ccc(C(C(/C=C\C)=C/C)c3ccccc3)cc2)ccc1N. The topological polar surface area (TPSA) is 26.0 Å². The molecule has 0 spiro atoms. The zero-order valence-electron chi connectivity index (χ0n) is 18.1. The van der Waals surface area contributed by atoms with Gasteiger partial charge >= 0.3 is 0 Å². The first-order chi connectivity index (χ1) is 15.0. The largest absolute Gasteiger partial charge is 0.398 e. The standard InChI is InChI=1S/C29H29NS/c1-4-9-22(5-2)29(24-10-7-6-8-11-24)25-16-14-23(15-17-25)26-18-19-28(30)27(20-26)13-12-21(3)31/h4-20,29,31H,3,30H2,1-2H3/b9-4-,13-12-,22-5+. The van der Waals surface area contributed by atoms with E-state index in [0.717, 1.165) is 22.4 Å². The number of hydrogen-bond acceptors (Lipinski definition) is 2. The van der Waals surface area contributed by atoms with Crippen molar-refractivity contribution in [3.8, 4) is 11.1 Å². The lowest BCUT2D eigenvalue weighted by Gasteiger charge is -2.20. The molecule has 31 heavy (non-hydrogen) atoms. The van der Waals surface area contributed by atoms with Crippen LogP contribution >= 0.6 is 12.6 Å². The molecule has 0 heterocycles. The van der Waals surface area contributed by atoms with E-state index >= 15 is 0 Å². The molecule has 0 aliphatic heterocycles. The Bertz CT molecular complexity index is 1120. The molecule has 0 aromatic heterocycles. The summed E-state index contributed by atoms with van der Waals surface area (Å²) in [5.74, 6) is 0.197. The lowest BCUT2D eigenvalue weighted by atomic mass is 9.84. The second-order valence-electron chi connectivity index (χ2n) is 7.42. The van der Waals surface area contributed by atoms with Crippen molar-refractivity contribution >= 4 is 24.4 Å². The van der Waals surface area contributed by atoms with Crippen LogP contribution in [-0.4, -0.2) is 0 Å². The van der Waals surface area contributed by atoms with E-state index in [2.05, 4.69) is 118 Å². The molecule has 0 bridgehead atoms. The minimum Gasteiger partial charge on any atom is -0.398 e. The van der Waals surface area contributed by atoms with Crippen molar-refractivity contribution in [1.82, 2.24) is 0 Å². The number of allylic oxidation sites excluding steroid dienone is 5. The van der Waals surface area contributed by atoms with Crippen molar-refractivity contribution in [2.24, 2.45) is 0 Å². The van der Waals surface area contributed by atoms with Crippen LogP contribution in [0, 0.1) is 0 Å². The smallest absolute Gasteiger partial charge is 0.0388 e. The summed E-state index contributed by atoms with van der Waals surface area (Å²) in [4.78, 5) is 0.696. The third kappa shape index (κ3) is 5.68. The highest BCUT2D eigenvalue weighted by molar-refractivity contribution is 7.84. The molecular formula is C29H29NS. The van der Waals surface area contributed by atoms with Crippen LogP contribution in [0.15, 0.2) is 114 Å². The monoisotopic (exact) mass is 423 g/mol. The molecule has 2 heteroatoms. The van der Waals surface area contributed by atoms with Gasteiger partial charge in [-0.3, -0.25) is 0 Å². The van der Waals surface area contributed by atoms with Crippen molar-refractivity contribution in [2.45, 2.75) is 19.8 Å². The van der Waals surface area contributed by atoms with E-state index in [1.807, 2.05) is 18.2 Å². The van der Waals surface area contributed by atoms with Gasteiger partial charge in [-0.15, -0.1) is 12.6 Å². The van der Waals surface area contributed by atoms with E-state index in [1.165, 1.54) is 16.7 Å². The highest BCUT2D eigenvalue weighted by Crippen LogP contribution is 2.34. The zero-order chi connectivity index (χ0) is 22.2. The van der Waals surface area contributed by atoms with E-state index in [4.69, 9.17) is 5.73 Å². The van der Waals surface area contributed by atoms with Crippen LogP contribution in [0.3, 0.4) is 0 Å². The van der Waals surface area contributed by atoms with E-state index in [1.54, 1.807) is 0 Å². The van der Waals surface area contributed by atoms with Crippen LogP contribution in [-0.2, 0) is 0 Å². The van der Waals surface area contributed by atoms with Gasteiger partial charge in [-0.05, 0) is 70.4 Å². The van der Waals surface area contributed by atoms with Crippen molar-refractivity contribution in [3.63, 3.8) is 0 Å². The quantitative estimate of drug-likeness (QED) is 0.224. The molecule has 0 aliphatic rings. The number of nitrogen functional groups attached to an aromatic ring is 1. The van der Waals surface area contributed by atoms with Crippen molar-refractivity contribution in [2.75, 3.05) is 5.73 Å². The summed E-state index contributed by atoms with van der Waals surface area (Å²) in [6, 6.07) is 25.6. The van der Waals surface area contributed by atoms with Gasteiger partial charge in [0.25, 0.3) is 0 Å². The van der Waals surface area contributed by atoms with Gasteiger partial charge < -0.3 is 5.73 Å². The van der Waals surface area contributed by atoms with Gasteiger partial charge in [-0.1, -0.05) is 91.5 Å². The van der Waals surface area contributed by atoms with Crippen LogP contribution in [0.25, 0.3) is 17.2 Å². The Balaban J connectivity index is 1.99. The highest BCUT2D eigenvalue weighted by atomic mass is 32.1. The van der Waals surface area contributed by atoms with Crippen LogP contribution in [0.2, 0.25) is 0 Å². The molecule has 0 saturated carbocycles. The van der Waals surface area contributed by atoms with E-state index < -0.39 is 0 Å². The first kappa shape index (κ1) is 22.5. The molecule has 156 valence electrons. The average molecular weight is 424 g/mol. The number of nitrogens with two attached hydrogens (primary N) is 1. The summed E-state index contributed by atoms with van der Waals surface area (Å²) in [6.07, 6.45) is 10.3. The minimum atomic E-state index is 0.197. The van der Waals surface area contributed by atoms with Gasteiger partial charge in [0.05, 0.1) is 0 Å². The molecular weight excluding hydrogens is 394 g/mol. The van der Waals surface area contributed by atoms with Gasteiger partial charge in [-0.2, -0.15) is 0 Å². The van der Waals surface area contributed by atoms with Gasteiger partial charge in [0.15, 0.2) is 0 Å². The Labute approximate surface area is 191 Å². The summed E-state index contributed by atoms with van der Waals surface area (Å²) in [5, 5.41) is 0. The summed E-state index contributed by atoms with van der Waals surface area (Å²) < 4.78 is 0. The van der Waals surface area contributed by atoms with Gasteiger partial charge in [0.2, 0.25) is 0 Å². The van der Waals surface area contributed by atoms with Crippen molar-refractivity contribution in [1.29, 1.82) is 0 Å². The number of benzene rings is 3.